The summed E-state index contributed by atoms with van der Waals surface area (Å²) in [6.07, 6.45) is 14.2. The predicted molar refractivity (Wildman–Crippen MR) is 83.2 cm³/mol. The molecule has 0 saturated carbocycles. The third-order valence-corrected chi connectivity index (χ3v) is 3.53. The molecule has 0 fully saturated rings. The van der Waals surface area contributed by atoms with E-state index in [1.165, 1.54) is 70.8 Å². The molecular weight excluding hydrogens is 220 g/mol. The molecule has 0 amide bonds. The molecule has 0 saturated heterocycles. The van der Waals surface area contributed by atoms with E-state index >= 15 is 0 Å². The highest BCUT2D eigenvalue weighted by molar-refractivity contribution is 4.61. The molecule has 110 valence electrons. The Kier molecular flexibility index (Phi) is 14.9. The minimum atomic E-state index is 0.605. The summed E-state index contributed by atoms with van der Waals surface area (Å²) >= 11 is 0. The highest BCUT2D eigenvalue weighted by Crippen LogP contribution is 2.10. The Labute approximate surface area is 115 Å². The third-order valence-electron chi connectivity index (χ3n) is 3.53. The number of rotatable bonds is 14. The fourth-order valence-electron chi connectivity index (χ4n) is 2.34. The van der Waals surface area contributed by atoms with Crippen LogP contribution in [0.1, 0.15) is 78.1 Å². The van der Waals surface area contributed by atoms with E-state index in [0.29, 0.717) is 6.04 Å². The molecule has 0 spiro atoms. The minimum absolute atomic E-state index is 0.605. The van der Waals surface area contributed by atoms with Crippen LogP contribution in [0.4, 0.5) is 0 Å². The zero-order valence-electron chi connectivity index (χ0n) is 13.1. The van der Waals surface area contributed by atoms with E-state index in [-0.39, 0.29) is 0 Å². The van der Waals surface area contributed by atoms with Gasteiger partial charge in [-0.15, -0.1) is 0 Å². The smallest absolute Gasteiger partial charge is 0.0164 e. The quantitative estimate of drug-likeness (QED) is 0.457. The van der Waals surface area contributed by atoms with Gasteiger partial charge in [-0.25, -0.2) is 0 Å². The Morgan fingerprint density at radius 1 is 0.778 bits per heavy atom. The molecule has 18 heavy (non-hydrogen) atoms. The van der Waals surface area contributed by atoms with Crippen LogP contribution < -0.4 is 10.6 Å². The lowest BCUT2D eigenvalue weighted by molar-refractivity contribution is 0.494. The van der Waals surface area contributed by atoms with Gasteiger partial charge in [-0.1, -0.05) is 64.7 Å². The molecule has 1 unspecified atom stereocenters. The largest absolute Gasteiger partial charge is 0.318 e. The van der Waals surface area contributed by atoms with Crippen LogP contribution in [0.2, 0.25) is 0 Å². The molecule has 0 aliphatic heterocycles. The zero-order valence-corrected chi connectivity index (χ0v) is 13.1. The fourth-order valence-corrected chi connectivity index (χ4v) is 2.34. The number of likely N-dealkylation sites (N-methyl/N-ethyl adjacent to an activating group) is 1. The topological polar surface area (TPSA) is 24.1 Å². The number of hydrogen-bond donors (Lipinski definition) is 2. The first-order valence-electron chi connectivity index (χ1n) is 8.19. The second kappa shape index (κ2) is 15.0. The molecule has 2 N–H and O–H groups in total. The van der Waals surface area contributed by atoms with E-state index in [2.05, 4.69) is 24.5 Å². The molecule has 0 aromatic heterocycles. The zero-order chi connectivity index (χ0) is 13.5. The number of unbranched alkanes of at least 4 members (excludes halogenated alkanes) is 9. The van der Waals surface area contributed by atoms with Gasteiger partial charge in [0.25, 0.3) is 0 Å². The molecular formula is C16H36N2. The molecule has 0 rings (SSSR count). The standard InChI is InChI=1S/C16H36N2/c1-4-5-6-7-8-9-10-11-12-13-14-18-16(2)15-17-3/h16-18H,4-15H2,1-3H3. The van der Waals surface area contributed by atoms with Crippen molar-refractivity contribution in [2.24, 2.45) is 0 Å². The van der Waals surface area contributed by atoms with Gasteiger partial charge < -0.3 is 10.6 Å². The Bertz CT molecular complexity index is 148. The van der Waals surface area contributed by atoms with E-state index in [1.807, 2.05) is 7.05 Å². The van der Waals surface area contributed by atoms with Crippen LogP contribution in [0.5, 0.6) is 0 Å². The summed E-state index contributed by atoms with van der Waals surface area (Å²) in [6.45, 7) is 6.77. The number of hydrogen-bond acceptors (Lipinski definition) is 2. The van der Waals surface area contributed by atoms with Gasteiger partial charge in [0.1, 0.15) is 0 Å². The van der Waals surface area contributed by atoms with Crippen LogP contribution in [0.3, 0.4) is 0 Å². The Morgan fingerprint density at radius 2 is 1.28 bits per heavy atom. The van der Waals surface area contributed by atoms with Crippen LogP contribution >= 0.6 is 0 Å². The molecule has 0 aromatic rings. The first kappa shape index (κ1) is 17.9. The SMILES string of the molecule is CCCCCCCCCCCCNC(C)CNC. The Balaban J connectivity index is 2.98. The third kappa shape index (κ3) is 14.0. The van der Waals surface area contributed by atoms with Crippen LogP contribution in [-0.4, -0.2) is 26.2 Å². The first-order valence-corrected chi connectivity index (χ1v) is 8.19. The molecule has 0 aliphatic carbocycles. The van der Waals surface area contributed by atoms with Crippen molar-refractivity contribution in [1.29, 1.82) is 0 Å². The Morgan fingerprint density at radius 3 is 1.78 bits per heavy atom. The molecule has 0 bridgehead atoms. The van der Waals surface area contributed by atoms with Crippen LogP contribution in [-0.2, 0) is 0 Å². The summed E-state index contributed by atoms with van der Waals surface area (Å²) in [5.74, 6) is 0. The van der Waals surface area contributed by atoms with Crippen molar-refractivity contribution >= 4 is 0 Å². The van der Waals surface area contributed by atoms with Crippen molar-refractivity contribution in [3.63, 3.8) is 0 Å². The van der Waals surface area contributed by atoms with Crippen molar-refractivity contribution in [2.45, 2.75) is 84.1 Å². The maximum Gasteiger partial charge on any atom is 0.0164 e. The van der Waals surface area contributed by atoms with Crippen LogP contribution in [0.15, 0.2) is 0 Å². The average Bonchev–Trinajstić information content (AvgIpc) is 2.36. The van der Waals surface area contributed by atoms with Gasteiger partial charge in [-0.05, 0) is 26.9 Å². The maximum atomic E-state index is 3.55. The Hall–Kier alpha value is -0.0800. The lowest BCUT2D eigenvalue weighted by Gasteiger charge is -2.12. The van der Waals surface area contributed by atoms with Gasteiger partial charge in [-0.2, -0.15) is 0 Å². The highest BCUT2D eigenvalue weighted by atomic mass is 15.0. The summed E-state index contributed by atoms with van der Waals surface area (Å²) in [7, 11) is 2.01. The summed E-state index contributed by atoms with van der Waals surface area (Å²) in [5, 5.41) is 6.74. The molecule has 0 heterocycles. The van der Waals surface area contributed by atoms with Gasteiger partial charge in [0, 0.05) is 12.6 Å². The summed E-state index contributed by atoms with van der Waals surface area (Å²) in [6, 6.07) is 0.605. The van der Waals surface area contributed by atoms with Crippen molar-refractivity contribution < 1.29 is 0 Å². The van der Waals surface area contributed by atoms with Gasteiger partial charge in [0.15, 0.2) is 0 Å². The first-order chi connectivity index (χ1) is 8.81. The highest BCUT2D eigenvalue weighted by Gasteiger charge is 1.97. The second-order valence-electron chi connectivity index (χ2n) is 5.59. The summed E-state index contributed by atoms with van der Waals surface area (Å²) in [5.41, 5.74) is 0. The van der Waals surface area contributed by atoms with E-state index in [9.17, 15) is 0 Å². The van der Waals surface area contributed by atoms with Crippen molar-refractivity contribution in [3.8, 4) is 0 Å². The normalized spacial score (nSPS) is 12.8. The van der Waals surface area contributed by atoms with E-state index in [0.717, 1.165) is 6.54 Å². The van der Waals surface area contributed by atoms with Crippen LogP contribution in [0.25, 0.3) is 0 Å². The maximum absolute atomic E-state index is 3.55. The van der Waals surface area contributed by atoms with Gasteiger partial charge in [0.2, 0.25) is 0 Å². The van der Waals surface area contributed by atoms with Gasteiger partial charge in [0.05, 0.1) is 0 Å². The van der Waals surface area contributed by atoms with Gasteiger partial charge in [-0.3, -0.25) is 0 Å². The molecule has 0 radical (unpaired) electrons. The van der Waals surface area contributed by atoms with Crippen molar-refractivity contribution in [2.75, 3.05) is 20.1 Å². The molecule has 0 aromatic carbocycles. The molecule has 1 atom stereocenters. The molecule has 2 heteroatoms. The van der Waals surface area contributed by atoms with Crippen LogP contribution in [0, 0.1) is 0 Å². The predicted octanol–water partition coefficient (Wildman–Crippen LogP) is 4.10. The average molecular weight is 256 g/mol. The van der Waals surface area contributed by atoms with Gasteiger partial charge >= 0.3 is 0 Å². The minimum Gasteiger partial charge on any atom is -0.318 e. The van der Waals surface area contributed by atoms with E-state index in [4.69, 9.17) is 0 Å². The summed E-state index contributed by atoms with van der Waals surface area (Å²) in [4.78, 5) is 0. The lowest BCUT2D eigenvalue weighted by Crippen LogP contribution is -2.35. The van der Waals surface area contributed by atoms with Crippen molar-refractivity contribution in [3.05, 3.63) is 0 Å². The van der Waals surface area contributed by atoms with E-state index < -0.39 is 0 Å². The molecule has 0 aliphatic rings. The summed E-state index contributed by atoms with van der Waals surface area (Å²) < 4.78 is 0. The second-order valence-corrected chi connectivity index (χ2v) is 5.59. The van der Waals surface area contributed by atoms with Crippen molar-refractivity contribution in [1.82, 2.24) is 10.6 Å². The van der Waals surface area contributed by atoms with E-state index in [1.54, 1.807) is 0 Å². The monoisotopic (exact) mass is 256 g/mol. The number of nitrogens with one attached hydrogen (secondary N) is 2. The fraction of sp³-hybridized carbons (Fsp3) is 1.00. The molecule has 2 nitrogen and oxygen atoms in total. The lowest BCUT2D eigenvalue weighted by atomic mass is 10.1.